The summed E-state index contributed by atoms with van der Waals surface area (Å²) in [4.78, 5) is 0. The van der Waals surface area contributed by atoms with Crippen molar-refractivity contribution in [2.75, 3.05) is 0 Å². The maximum atomic E-state index is 13.4. The van der Waals surface area contributed by atoms with Crippen molar-refractivity contribution < 1.29 is 4.21 Å². The summed E-state index contributed by atoms with van der Waals surface area (Å²) in [5.41, 5.74) is 3.52. The van der Waals surface area contributed by atoms with Crippen molar-refractivity contribution in [3.63, 3.8) is 0 Å². The Kier molecular flexibility index (Phi) is 7.78. The summed E-state index contributed by atoms with van der Waals surface area (Å²) in [6, 6.07) is 38.3. The van der Waals surface area contributed by atoms with E-state index in [1.54, 1.807) is 0 Å². The first-order chi connectivity index (χ1) is 16.4. The van der Waals surface area contributed by atoms with Crippen molar-refractivity contribution >= 4 is 34.8 Å². The molecule has 0 aliphatic carbocycles. The van der Waals surface area contributed by atoms with Gasteiger partial charge in [-0.3, -0.25) is 0 Å². The van der Waals surface area contributed by atoms with Crippen LogP contribution in [0.1, 0.15) is 43.5 Å². The third-order valence-electron chi connectivity index (χ3n) is 5.80. The minimum Gasteiger partial charge on any atom is -0.242 e. The number of benzene rings is 4. The minimum atomic E-state index is -1.23. The van der Waals surface area contributed by atoms with Crippen molar-refractivity contribution in [3.05, 3.63) is 126 Å². The number of hydrogen-bond donors (Lipinski definition) is 1. The van der Waals surface area contributed by atoms with Crippen LogP contribution in [-0.2, 0) is 11.0 Å². The Morgan fingerprint density at radius 3 is 1.68 bits per heavy atom. The molecule has 174 valence electrons. The molecule has 34 heavy (non-hydrogen) atoms. The van der Waals surface area contributed by atoms with Crippen molar-refractivity contribution in [1.82, 2.24) is 4.72 Å². The lowest BCUT2D eigenvalue weighted by Crippen LogP contribution is -2.38. The predicted octanol–water partition coefficient (Wildman–Crippen LogP) is 5.89. The van der Waals surface area contributed by atoms with Crippen LogP contribution in [0.25, 0.3) is 0 Å². The van der Waals surface area contributed by atoms with Gasteiger partial charge in [-0.2, -0.15) is 0 Å². The Labute approximate surface area is 207 Å². The lowest BCUT2D eigenvalue weighted by Gasteiger charge is -2.30. The highest BCUT2D eigenvalue weighted by atomic mass is 32.2. The van der Waals surface area contributed by atoms with Gasteiger partial charge in [0.15, 0.2) is 0 Å². The monoisotopic (exact) mass is 485 g/mol. The van der Waals surface area contributed by atoms with Gasteiger partial charge in [0.1, 0.15) is 0 Å². The van der Waals surface area contributed by atoms with Gasteiger partial charge in [0, 0.05) is 0 Å². The summed E-state index contributed by atoms with van der Waals surface area (Å²) < 4.78 is 16.5. The Morgan fingerprint density at radius 2 is 1.15 bits per heavy atom. The van der Waals surface area contributed by atoms with Gasteiger partial charge in [0.25, 0.3) is 0 Å². The fourth-order valence-corrected chi connectivity index (χ4v) is 7.32. The summed E-state index contributed by atoms with van der Waals surface area (Å²) in [5, 5.41) is 3.88. The van der Waals surface area contributed by atoms with Crippen LogP contribution in [0.5, 0.6) is 0 Å². The zero-order valence-electron chi connectivity index (χ0n) is 20.2. The molecule has 0 aliphatic rings. The maximum Gasteiger partial charge on any atom is 0.0979 e. The fraction of sp³-hybridized carbons (Fsp3) is 0.200. The summed E-state index contributed by atoms with van der Waals surface area (Å²) in [6.45, 7) is 8.16. The third kappa shape index (κ3) is 5.55. The maximum absolute atomic E-state index is 13.4. The van der Waals surface area contributed by atoms with Crippen LogP contribution in [-0.4, -0.2) is 8.96 Å². The molecule has 0 radical (unpaired) electrons. The summed E-state index contributed by atoms with van der Waals surface area (Å²) in [7, 11) is -2.02. The third-order valence-corrected chi connectivity index (χ3v) is 9.88. The molecule has 4 rings (SSSR count). The van der Waals surface area contributed by atoms with Crippen LogP contribution in [0.15, 0.2) is 109 Å². The second-order valence-electron chi connectivity index (χ2n) is 9.35. The van der Waals surface area contributed by atoms with E-state index in [0.717, 1.165) is 5.56 Å². The van der Waals surface area contributed by atoms with Gasteiger partial charge >= 0.3 is 0 Å². The molecule has 4 aromatic rings. The Balaban J connectivity index is 1.92. The zero-order valence-corrected chi connectivity index (χ0v) is 21.9. The Hall–Kier alpha value is -2.58. The van der Waals surface area contributed by atoms with E-state index in [1.165, 1.54) is 27.0 Å². The molecule has 2 atom stereocenters. The first-order valence-electron chi connectivity index (χ1n) is 11.6. The standard InChI is InChI=1S/C30H32NOPS/c1-23-15-11-12-20-26(23)29(31-34(32)30(2,3)4)27-21-13-14-22-28(27)33(24-16-7-5-8-17-24)25-18-9-6-10-19-25/h5-22,29,31H,1-4H3/t29-,34+/m0/s1. The number of aryl methyl sites for hydroxylation is 1. The number of nitrogens with one attached hydrogen (secondary N) is 1. The van der Waals surface area contributed by atoms with E-state index in [4.69, 9.17) is 0 Å². The van der Waals surface area contributed by atoms with Crippen LogP contribution in [0, 0.1) is 6.92 Å². The molecule has 0 heterocycles. The van der Waals surface area contributed by atoms with Crippen molar-refractivity contribution in [3.8, 4) is 0 Å². The van der Waals surface area contributed by atoms with Gasteiger partial charge in [-0.15, -0.1) is 0 Å². The fourth-order valence-electron chi connectivity index (χ4n) is 4.01. The van der Waals surface area contributed by atoms with Gasteiger partial charge < -0.3 is 0 Å². The summed E-state index contributed by atoms with van der Waals surface area (Å²) in [6.07, 6.45) is 0. The molecular formula is C30H32NOPS. The van der Waals surface area contributed by atoms with Crippen molar-refractivity contribution in [1.29, 1.82) is 0 Å². The topological polar surface area (TPSA) is 29.1 Å². The largest absolute Gasteiger partial charge is 0.242 e. The molecule has 0 amide bonds. The molecule has 0 aromatic heterocycles. The quantitative estimate of drug-likeness (QED) is 0.325. The molecule has 2 nitrogen and oxygen atoms in total. The molecule has 4 heteroatoms. The summed E-state index contributed by atoms with van der Waals surface area (Å²) >= 11 is 0. The second-order valence-corrected chi connectivity index (χ2v) is 13.5. The second kappa shape index (κ2) is 10.8. The molecule has 0 unspecified atom stereocenters. The van der Waals surface area contributed by atoms with Crippen LogP contribution >= 0.6 is 7.92 Å². The zero-order chi connectivity index (χ0) is 24.1. The van der Waals surface area contributed by atoms with Gasteiger partial charge in [-0.05, 0) is 68.2 Å². The molecule has 0 fully saturated rings. The normalized spacial score (nSPS) is 13.6. The van der Waals surface area contributed by atoms with E-state index < -0.39 is 18.9 Å². The van der Waals surface area contributed by atoms with E-state index in [-0.39, 0.29) is 10.8 Å². The van der Waals surface area contributed by atoms with Gasteiger partial charge in [-0.1, -0.05) is 109 Å². The summed E-state index contributed by atoms with van der Waals surface area (Å²) in [5.74, 6) is 0. The molecule has 0 bridgehead atoms. The first kappa shape index (κ1) is 24.5. The molecule has 1 N–H and O–H groups in total. The average Bonchev–Trinajstić information content (AvgIpc) is 2.84. The Morgan fingerprint density at radius 1 is 0.676 bits per heavy atom. The highest BCUT2D eigenvalue weighted by Crippen LogP contribution is 2.37. The lowest BCUT2D eigenvalue weighted by atomic mass is 9.96. The molecule has 4 aromatic carbocycles. The Bertz CT molecular complexity index is 1210. The van der Waals surface area contributed by atoms with Gasteiger partial charge in [0.2, 0.25) is 0 Å². The average molecular weight is 486 g/mol. The van der Waals surface area contributed by atoms with Crippen molar-refractivity contribution in [2.45, 2.75) is 38.5 Å². The molecule has 0 aliphatic heterocycles. The highest BCUT2D eigenvalue weighted by molar-refractivity contribution is 7.84. The van der Waals surface area contributed by atoms with Crippen LogP contribution in [0.4, 0.5) is 0 Å². The van der Waals surface area contributed by atoms with Gasteiger partial charge in [-0.25, -0.2) is 8.93 Å². The molecular weight excluding hydrogens is 453 g/mol. The number of rotatable bonds is 7. The minimum absolute atomic E-state index is 0.185. The van der Waals surface area contributed by atoms with Crippen LogP contribution < -0.4 is 20.6 Å². The van der Waals surface area contributed by atoms with E-state index in [0.29, 0.717) is 0 Å². The van der Waals surface area contributed by atoms with Crippen LogP contribution in [0.2, 0.25) is 0 Å². The van der Waals surface area contributed by atoms with E-state index in [2.05, 4.69) is 121 Å². The highest BCUT2D eigenvalue weighted by Gasteiger charge is 2.29. The lowest BCUT2D eigenvalue weighted by molar-refractivity contribution is 0.623. The van der Waals surface area contributed by atoms with E-state index in [9.17, 15) is 4.21 Å². The first-order valence-corrected chi connectivity index (χ1v) is 14.1. The molecule has 0 saturated carbocycles. The van der Waals surface area contributed by atoms with Crippen LogP contribution in [0.3, 0.4) is 0 Å². The van der Waals surface area contributed by atoms with E-state index in [1.807, 2.05) is 20.8 Å². The smallest absolute Gasteiger partial charge is 0.0979 e. The van der Waals surface area contributed by atoms with Gasteiger partial charge in [0.05, 0.1) is 21.8 Å². The number of hydrogen-bond acceptors (Lipinski definition) is 1. The SMILES string of the molecule is Cc1ccccc1[C@H](N[S@](=O)C(C)(C)C)c1ccccc1P(c1ccccc1)c1ccccc1. The predicted molar refractivity (Wildman–Crippen MR) is 149 cm³/mol. The molecule has 0 spiro atoms. The molecule has 0 saturated heterocycles. The van der Waals surface area contributed by atoms with E-state index >= 15 is 0 Å². The van der Waals surface area contributed by atoms with Crippen molar-refractivity contribution in [2.24, 2.45) is 0 Å².